The molecule has 7 heteroatoms. The third kappa shape index (κ3) is 3.63. The summed E-state index contributed by atoms with van der Waals surface area (Å²) < 4.78 is 12.8. The predicted octanol–water partition coefficient (Wildman–Crippen LogP) is 6.46. The van der Waals surface area contributed by atoms with E-state index in [2.05, 4.69) is 4.98 Å². The van der Waals surface area contributed by atoms with Crippen LogP contribution in [-0.2, 0) is 4.74 Å². The third-order valence-electron chi connectivity index (χ3n) is 3.80. The van der Waals surface area contributed by atoms with Gasteiger partial charge < -0.3 is 9.15 Å². The SMILES string of the molecule is CC(C)(C)OC(=O)n1cccc1-c1nc(-c2cc3ccc(Cl)cc3o2)cs1. The fourth-order valence-electron chi connectivity index (χ4n) is 2.66. The van der Waals surface area contributed by atoms with Gasteiger partial charge in [0.1, 0.15) is 21.9 Å². The van der Waals surface area contributed by atoms with Crippen molar-refractivity contribution in [1.82, 2.24) is 9.55 Å². The van der Waals surface area contributed by atoms with Gasteiger partial charge in [-0.3, -0.25) is 4.57 Å². The van der Waals surface area contributed by atoms with Crippen molar-refractivity contribution in [2.24, 2.45) is 0 Å². The van der Waals surface area contributed by atoms with Crippen molar-refractivity contribution in [2.75, 3.05) is 0 Å². The molecule has 0 aliphatic rings. The largest absolute Gasteiger partial charge is 0.454 e. The molecule has 0 spiro atoms. The Morgan fingerprint density at radius 2 is 2.07 bits per heavy atom. The zero-order chi connectivity index (χ0) is 19.2. The lowest BCUT2D eigenvalue weighted by molar-refractivity contribution is 0.0540. The Kier molecular flexibility index (Phi) is 4.32. The van der Waals surface area contributed by atoms with E-state index in [0.29, 0.717) is 32.8 Å². The molecule has 0 unspecified atom stereocenters. The average molecular weight is 401 g/mol. The molecule has 0 amide bonds. The minimum Gasteiger partial charge on any atom is -0.454 e. The molecule has 1 aromatic carbocycles. The second kappa shape index (κ2) is 6.55. The predicted molar refractivity (Wildman–Crippen MR) is 107 cm³/mol. The zero-order valence-corrected chi connectivity index (χ0v) is 16.6. The number of nitrogens with zero attached hydrogens (tertiary/aromatic N) is 2. The van der Waals surface area contributed by atoms with E-state index in [-0.39, 0.29) is 0 Å². The first-order chi connectivity index (χ1) is 12.8. The number of ether oxygens (including phenoxy) is 1. The molecule has 3 aromatic heterocycles. The number of carbonyl (C=O) groups is 1. The fraction of sp³-hybridized carbons (Fsp3) is 0.200. The first-order valence-electron chi connectivity index (χ1n) is 8.36. The van der Waals surface area contributed by atoms with Gasteiger partial charge in [-0.05, 0) is 51.1 Å². The molecular formula is C20H17ClN2O3S. The number of benzene rings is 1. The normalized spacial score (nSPS) is 11.9. The first-order valence-corrected chi connectivity index (χ1v) is 9.62. The van der Waals surface area contributed by atoms with Gasteiger partial charge >= 0.3 is 6.09 Å². The number of halogens is 1. The number of hydrogen-bond acceptors (Lipinski definition) is 5. The van der Waals surface area contributed by atoms with Gasteiger partial charge in [0, 0.05) is 28.1 Å². The molecular weight excluding hydrogens is 384 g/mol. The molecule has 0 radical (unpaired) electrons. The topological polar surface area (TPSA) is 57.3 Å². The van der Waals surface area contributed by atoms with Crippen LogP contribution in [0.25, 0.3) is 33.1 Å². The minimum absolute atomic E-state index is 0.433. The smallest absolute Gasteiger partial charge is 0.419 e. The number of carbonyl (C=O) groups excluding carboxylic acids is 1. The van der Waals surface area contributed by atoms with Gasteiger partial charge in [-0.2, -0.15) is 0 Å². The minimum atomic E-state index is -0.567. The first kappa shape index (κ1) is 17.8. The Morgan fingerprint density at radius 3 is 2.85 bits per heavy atom. The number of thiazole rings is 1. The van der Waals surface area contributed by atoms with Crippen molar-refractivity contribution in [2.45, 2.75) is 26.4 Å². The highest BCUT2D eigenvalue weighted by Gasteiger charge is 2.21. The van der Waals surface area contributed by atoms with Crippen molar-refractivity contribution < 1.29 is 13.9 Å². The summed E-state index contributed by atoms with van der Waals surface area (Å²) in [4.78, 5) is 17.1. The second-order valence-electron chi connectivity index (χ2n) is 7.07. The van der Waals surface area contributed by atoms with Gasteiger partial charge in [-0.25, -0.2) is 9.78 Å². The van der Waals surface area contributed by atoms with Gasteiger partial charge in [0.2, 0.25) is 0 Å². The Morgan fingerprint density at radius 1 is 1.26 bits per heavy atom. The molecule has 5 nitrogen and oxygen atoms in total. The van der Waals surface area contributed by atoms with Crippen LogP contribution in [0, 0.1) is 0 Å². The average Bonchev–Trinajstić information content (AvgIpc) is 3.30. The van der Waals surface area contributed by atoms with Gasteiger partial charge in [0.05, 0.1) is 5.69 Å². The van der Waals surface area contributed by atoms with Crippen LogP contribution in [0.3, 0.4) is 0 Å². The Labute approximate surface area is 165 Å². The number of furan rings is 1. The maximum atomic E-state index is 12.4. The molecule has 138 valence electrons. The van der Waals surface area contributed by atoms with E-state index >= 15 is 0 Å². The number of fused-ring (bicyclic) bond motifs is 1. The van der Waals surface area contributed by atoms with E-state index in [1.165, 1.54) is 15.9 Å². The van der Waals surface area contributed by atoms with Gasteiger partial charge in [0.25, 0.3) is 0 Å². The molecule has 0 atom stereocenters. The van der Waals surface area contributed by atoms with E-state index in [1.54, 1.807) is 18.3 Å². The van der Waals surface area contributed by atoms with Crippen LogP contribution in [0.5, 0.6) is 0 Å². The van der Waals surface area contributed by atoms with Crippen LogP contribution in [0.4, 0.5) is 4.79 Å². The number of rotatable bonds is 2. The summed E-state index contributed by atoms with van der Waals surface area (Å²) in [6.45, 7) is 5.51. The number of aromatic nitrogens is 2. The maximum Gasteiger partial charge on any atom is 0.419 e. The van der Waals surface area contributed by atoms with Crippen LogP contribution in [-0.4, -0.2) is 21.2 Å². The summed E-state index contributed by atoms with van der Waals surface area (Å²) >= 11 is 7.46. The summed E-state index contributed by atoms with van der Waals surface area (Å²) in [5, 5.41) is 4.19. The molecule has 0 bridgehead atoms. The summed E-state index contributed by atoms with van der Waals surface area (Å²) in [6, 6.07) is 11.1. The van der Waals surface area contributed by atoms with Gasteiger partial charge in [0.15, 0.2) is 5.76 Å². The molecule has 27 heavy (non-hydrogen) atoms. The highest BCUT2D eigenvalue weighted by Crippen LogP contribution is 2.33. The van der Waals surface area contributed by atoms with Crippen LogP contribution in [0.1, 0.15) is 20.8 Å². The van der Waals surface area contributed by atoms with E-state index in [9.17, 15) is 4.79 Å². The van der Waals surface area contributed by atoms with Crippen molar-refractivity contribution in [1.29, 1.82) is 0 Å². The molecule has 0 N–H and O–H groups in total. The molecule has 0 fully saturated rings. The molecule has 4 aromatic rings. The summed E-state index contributed by atoms with van der Waals surface area (Å²) in [7, 11) is 0. The standard InChI is InChI=1S/C20H17ClN2O3S/c1-20(2,3)26-19(24)23-8-4-5-15(23)18-22-14(11-27-18)17-9-12-6-7-13(21)10-16(12)25-17/h4-11H,1-3H3. The highest BCUT2D eigenvalue weighted by molar-refractivity contribution is 7.13. The molecule has 0 saturated carbocycles. The van der Waals surface area contributed by atoms with Crippen LogP contribution < -0.4 is 0 Å². The monoisotopic (exact) mass is 400 g/mol. The molecule has 4 rings (SSSR count). The maximum absolute atomic E-state index is 12.4. The Balaban J connectivity index is 1.67. The van der Waals surface area contributed by atoms with E-state index in [0.717, 1.165) is 5.39 Å². The quantitative estimate of drug-likeness (QED) is 0.387. The van der Waals surface area contributed by atoms with Crippen molar-refractivity contribution in [3.8, 4) is 22.2 Å². The van der Waals surface area contributed by atoms with Crippen molar-refractivity contribution in [3.05, 3.63) is 53.0 Å². The lowest BCUT2D eigenvalue weighted by Gasteiger charge is -2.20. The van der Waals surface area contributed by atoms with E-state index in [1.807, 2.05) is 50.4 Å². The summed E-state index contributed by atoms with van der Waals surface area (Å²) in [5.41, 5.74) is 1.53. The highest BCUT2D eigenvalue weighted by atomic mass is 35.5. The summed E-state index contributed by atoms with van der Waals surface area (Å²) in [6.07, 6.45) is 1.24. The van der Waals surface area contributed by atoms with Gasteiger partial charge in [-0.15, -0.1) is 11.3 Å². The molecule has 0 aliphatic heterocycles. The Hall–Kier alpha value is -2.57. The molecule has 0 saturated heterocycles. The summed E-state index contributed by atoms with van der Waals surface area (Å²) in [5.74, 6) is 0.658. The zero-order valence-electron chi connectivity index (χ0n) is 15.0. The van der Waals surface area contributed by atoms with Crippen LogP contribution in [0.2, 0.25) is 5.02 Å². The Bertz CT molecular complexity index is 1130. The molecule has 0 aliphatic carbocycles. The second-order valence-corrected chi connectivity index (χ2v) is 8.37. The van der Waals surface area contributed by atoms with E-state index in [4.69, 9.17) is 20.8 Å². The van der Waals surface area contributed by atoms with Crippen molar-refractivity contribution in [3.63, 3.8) is 0 Å². The lowest BCUT2D eigenvalue weighted by Crippen LogP contribution is -2.27. The molecule has 3 heterocycles. The lowest BCUT2D eigenvalue weighted by atomic mass is 10.2. The van der Waals surface area contributed by atoms with E-state index < -0.39 is 11.7 Å². The van der Waals surface area contributed by atoms with Gasteiger partial charge in [-0.1, -0.05) is 11.6 Å². The van der Waals surface area contributed by atoms with Crippen molar-refractivity contribution >= 4 is 40.0 Å². The fourth-order valence-corrected chi connectivity index (χ4v) is 3.65. The third-order valence-corrected chi connectivity index (χ3v) is 4.90. The van der Waals surface area contributed by atoms with Crippen LogP contribution in [0.15, 0.2) is 52.4 Å². The number of hydrogen-bond donors (Lipinski definition) is 0. The van der Waals surface area contributed by atoms with Crippen LogP contribution >= 0.6 is 22.9 Å².